The zero-order valence-electron chi connectivity index (χ0n) is 24.1. The summed E-state index contributed by atoms with van der Waals surface area (Å²) in [5.41, 5.74) is 0.318. The van der Waals surface area contributed by atoms with Gasteiger partial charge in [0, 0.05) is 25.2 Å². The number of anilines is 1. The molecule has 1 atom stereocenters. The molecule has 1 N–H and O–H groups in total. The molecule has 0 heterocycles. The largest absolute Gasteiger partial charge is 0.497 e. The average Bonchev–Trinajstić information content (AvgIpc) is 2.99. The fourth-order valence-corrected chi connectivity index (χ4v) is 5.71. The summed E-state index contributed by atoms with van der Waals surface area (Å²) in [4.78, 5) is 39.5. The third-order valence-electron chi connectivity index (χ3n) is 6.52. The van der Waals surface area contributed by atoms with Gasteiger partial charge in [0.1, 0.15) is 18.3 Å². The number of hydrogen-bond donors (Lipinski definition) is 1. The van der Waals surface area contributed by atoms with Gasteiger partial charge in [0.2, 0.25) is 11.8 Å². The molecule has 0 saturated heterocycles. The lowest BCUT2D eigenvalue weighted by molar-refractivity contribution is -0.384. The topological polar surface area (TPSA) is 139 Å². The second-order valence-corrected chi connectivity index (χ2v) is 11.9. The normalized spacial score (nSPS) is 11.9. The van der Waals surface area contributed by atoms with Crippen LogP contribution in [-0.2, 0) is 26.2 Å². The summed E-state index contributed by atoms with van der Waals surface area (Å²) in [5, 5.41) is 14.4. The summed E-state index contributed by atoms with van der Waals surface area (Å²) in [7, 11) is -2.80. The lowest BCUT2D eigenvalue weighted by Crippen LogP contribution is -2.52. The summed E-state index contributed by atoms with van der Waals surface area (Å²) in [6.07, 6.45) is 0.272. The Morgan fingerprint density at radius 1 is 1.00 bits per heavy atom. The Morgan fingerprint density at radius 3 is 2.24 bits per heavy atom. The highest BCUT2D eigenvalue weighted by Crippen LogP contribution is 2.28. The zero-order valence-corrected chi connectivity index (χ0v) is 24.9. The maximum atomic E-state index is 14.1. The second-order valence-electron chi connectivity index (χ2n) is 10.0. The first kappa shape index (κ1) is 32.1. The van der Waals surface area contributed by atoms with E-state index in [1.807, 2.05) is 13.8 Å². The summed E-state index contributed by atoms with van der Waals surface area (Å²) in [6.45, 7) is 5.40. The van der Waals surface area contributed by atoms with E-state index in [4.69, 9.17) is 4.74 Å². The molecular formula is C30H36N4O7S. The highest BCUT2D eigenvalue weighted by molar-refractivity contribution is 7.92. The Kier molecular flexibility index (Phi) is 11.0. The summed E-state index contributed by atoms with van der Waals surface area (Å²) in [6, 6.07) is 18.7. The van der Waals surface area contributed by atoms with Crippen LogP contribution < -0.4 is 14.4 Å². The zero-order chi connectivity index (χ0) is 30.9. The number of nitrogens with one attached hydrogen (secondary N) is 1. The molecule has 0 fully saturated rings. The maximum Gasteiger partial charge on any atom is 0.271 e. The van der Waals surface area contributed by atoms with Gasteiger partial charge in [0.15, 0.2) is 0 Å². The Morgan fingerprint density at radius 2 is 1.67 bits per heavy atom. The number of carbonyl (C=O) groups is 2. The number of methoxy groups -OCH3 is 1. The summed E-state index contributed by atoms with van der Waals surface area (Å²) >= 11 is 0. The first-order valence-electron chi connectivity index (χ1n) is 13.5. The molecule has 0 unspecified atom stereocenters. The van der Waals surface area contributed by atoms with Gasteiger partial charge in [0.05, 0.1) is 22.6 Å². The average molecular weight is 597 g/mol. The van der Waals surface area contributed by atoms with Crippen LogP contribution in [0.1, 0.15) is 32.8 Å². The van der Waals surface area contributed by atoms with Gasteiger partial charge in [-0.2, -0.15) is 0 Å². The highest BCUT2D eigenvalue weighted by atomic mass is 32.2. The summed E-state index contributed by atoms with van der Waals surface area (Å²) in [5.74, 6) is -0.217. The van der Waals surface area contributed by atoms with Crippen LogP contribution in [0.25, 0.3) is 0 Å². The lowest BCUT2D eigenvalue weighted by atomic mass is 10.1. The van der Waals surface area contributed by atoms with Gasteiger partial charge < -0.3 is 15.0 Å². The van der Waals surface area contributed by atoms with Crippen LogP contribution in [0.4, 0.5) is 11.4 Å². The van der Waals surface area contributed by atoms with Crippen molar-refractivity contribution in [1.82, 2.24) is 10.2 Å². The van der Waals surface area contributed by atoms with E-state index in [-0.39, 0.29) is 41.1 Å². The number of hydrogen-bond acceptors (Lipinski definition) is 7. The number of ether oxygens (including phenoxy) is 1. The van der Waals surface area contributed by atoms with Gasteiger partial charge in [-0.05, 0) is 48.2 Å². The van der Waals surface area contributed by atoms with Gasteiger partial charge in [0.25, 0.3) is 15.7 Å². The van der Waals surface area contributed by atoms with Crippen molar-refractivity contribution in [3.8, 4) is 5.75 Å². The van der Waals surface area contributed by atoms with Crippen LogP contribution in [-0.4, -0.2) is 56.3 Å². The second kappa shape index (κ2) is 14.4. The molecule has 0 aliphatic heterocycles. The Labute approximate surface area is 246 Å². The fourth-order valence-electron chi connectivity index (χ4n) is 4.28. The molecule has 3 aromatic rings. The van der Waals surface area contributed by atoms with Crippen molar-refractivity contribution < 1.29 is 27.7 Å². The van der Waals surface area contributed by atoms with Gasteiger partial charge in [-0.15, -0.1) is 0 Å². The SMILES string of the molecule is CC[C@@H](C(=O)NCC(C)C)N(Cc1ccc(OC)cc1)C(=O)CN(c1cccc([N+](=O)[O-])c1)S(=O)(=O)c1ccccc1. The molecule has 0 aliphatic carbocycles. The molecule has 12 heteroatoms. The third-order valence-corrected chi connectivity index (χ3v) is 8.31. The molecule has 0 saturated carbocycles. The van der Waals surface area contributed by atoms with Crippen LogP contribution in [0.2, 0.25) is 0 Å². The maximum absolute atomic E-state index is 14.1. The molecule has 0 spiro atoms. The van der Waals surface area contributed by atoms with Crippen molar-refractivity contribution in [2.75, 3.05) is 24.5 Å². The predicted molar refractivity (Wildman–Crippen MR) is 160 cm³/mol. The first-order chi connectivity index (χ1) is 20.0. The molecule has 3 aromatic carbocycles. The number of amides is 2. The smallest absolute Gasteiger partial charge is 0.271 e. The monoisotopic (exact) mass is 596 g/mol. The van der Waals surface area contributed by atoms with E-state index in [0.29, 0.717) is 17.9 Å². The van der Waals surface area contributed by atoms with Crippen molar-refractivity contribution in [2.45, 2.75) is 44.7 Å². The van der Waals surface area contributed by atoms with E-state index in [1.165, 1.54) is 42.3 Å². The molecule has 0 bridgehead atoms. The third kappa shape index (κ3) is 8.06. The Balaban J connectivity index is 2.07. The van der Waals surface area contributed by atoms with Crippen molar-refractivity contribution >= 4 is 33.2 Å². The van der Waals surface area contributed by atoms with Gasteiger partial charge >= 0.3 is 0 Å². The quantitative estimate of drug-likeness (QED) is 0.215. The molecule has 42 heavy (non-hydrogen) atoms. The van der Waals surface area contributed by atoms with Crippen molar-refractivity contribution in [3.05, 3.63) is 94.5 Å². The standard InChI is InChI=1S/C30H36N4O7S/c1-5-28(30(36)31-19-22(2)3)32(20-23-14-16-26(41-4)17-15-23)29(35)21-33(24-10-9-11-25(18-24)34(37)38)42(39,40)27-12-7-6-8-13-27/h6-18,22,28H,5,19-21H2,1-4H3,(H,31,36)/t28-/m0/s1. The minimum Gasteiger partial charge on any atom is -0.497 e. The molecule has 11 nitrogen and oxygen atoms in total. The highest BCUT2D eigenvalue weighted by Gasteiger charge is 2.34. The van der Waals surface area contributed by atoms with Gasteiger partial charge in [-0.1, -0.05) is 57.2 Å². The minimum atomic E-state index is -4.34. The number of non-ortho nitro benzene ring substituents is 1. The number of nitro benzene ring substituents is 1. The van der Waals surface area contributed by atoms with E-state index in [1.54, 1.807) is 49.4 Å². The minimum absolute atomic E-state index is 0.0184. The van der Waals surface area contributed by atoms with Crippen LogP contribution in [0.15, 0.2) is 83.8 Å². The lowest BCUT2D eigenvalue weighted by Gasteiger charge is -2.33. The number of carbonyl (C=O) groups excluding carboxylic acids is 2. The van der Waals surface area contributed by atoms with E-state index in [0.717, 1.165) is 10.4 Å². The fraction of sp³-hybridized carbons (Fsp3) is 0.333. The van der Waals surface area contributed by atoms with E-state index >= 15 is 0 Å². The van der Waals surface area contributed by atoms with Crippen LogP contribution >= 0.6 is 0 Å². The van der Waals surface area contributed by atoms with E-state index < -0.39 is 33.4 Å². The number of nitro groups is 1. The molecule has 2 amide bonds. The number of sulfonamides is 1. The molecular weight excluding hydrogens is 560 g/mol. The van der Waals surface area contributed by atoms with Gasteiger partial charge in [-0.25, -0.2) is 8.42 Å². The first-order valence-corrected chi connectivity index (χ1v) is 14.9. The van der Waals surface area contributed by atoms with E-state index in [2.05, 4.69) is 5.32 Å². The number of nitrogens with zero attached hydrogens (tertiary/aromatic N) is 3. The van der Waals surface area contributed by atoms with Crippen LogP contribution in [0, 0.1) is 16.0 Å². The van der Waals surface area contributed by atoms with Crippen LogP contribution in [0.3, 0.4) is 0 Å². The van der Waals surface area contributed by atoms with Crippen molar-refractivity contribution in [2.24, 2.45) is 5.92 Å². The Bertz CT molecular complexity index is 1480. The van der Waals surface area contributed by atoms with Crippen LogP contribution in [0.5, 0.6) is 5.75 Å². The number of rotatable bonds is 14. The predicted octanol–water partition coefficient (Wildman–Crippen LogP) is 4.38. The van der Waals surface area contributed by atoms with Gasteiger partial charge in [-0.3, -0.25) is 24.0 Å². The van der Waals surface area contributed by atoms with Crippen molar-refractivity contribution in [3.63, 3.8) is 0 Å². The summed E-state index contributed by atoms with van der Waals surface area (Å²) < 4.78 is 33.8. The Hall–Kier alpha value is -4.45. The molecule has 0 aliphatic rings. The molecule has 0 radical (unpaired) electrons. The van der Waals surface area contributed by atoms with Crippen molar-refractivity contribution in [1.29, 1.82) is 0 Å². The number of benzene rings is 3. The van der Waals surface area contributed by atoms with E-state index in [9.17, 15) is 28.1 Å². The molecule has 224 valence electrons. The molecule has 3 rings (SSSR count). The molecule has 0 aromatic heterocycles.